The minimum Gasteiger partial charge on any atom is -0.496 e. The fraction of sp³-hybridized carbons (Fsp3) is 0.250. The largest absolute Gasteiger partial charge is 0.496 e. The second-order valence-corrected chi connectivity index (χ2v) is 5.74. The van der Waals surface area contributed by atoms with Gasteiger partial charge in [-0.25, -0.2) is 5.43 Å². The molecule has 0 unspecified atom stereocenters. The summed E-state index contributed by atoms with van der Waals surface area (Å²) >= 11 is 0. The van der Waals surface area contributed by atoms with Crippen LogP contribution in [0, 0.1) is 6.92 Å². The molecule has 0 saturated carbocycles. The zero-order valence-corrected chi connectivity index (χ0v) is 16.2. The molecule has 28 heavy (non-hydrogen) atoms. The molecule has 0 saturated heterocycles. The minimum atomic E-state index is -0.461. The lowest BCUT2D eigenvalue weighted by Crippen LogP contribution is -2.35. The van der Waals surface area contributed by atoms with Crippen LogP contribution in [0.15, 0.2) is 41.5 Å². The summed E-state index contributed by atoms with van der Waals surface area (Å²) in [6.07, 6.45) is 1.42. The summed E-state index contributed by atoms with van der Waals surface area (Å²) in [5.41, 5.74) is 4.30. The Morgan fingerprint density at radius 3 is 2.29 bits per heavy atom. The molecule has 0 aromatic heterocycles. The standard InChI is InChI=1S/C20H23N3O5/c1-13-7-5-6-8-15(13)20(25)21-12-19(24)23-22-11-14-9-17(27-3)18(28-4)10-16(14)26-2/h5-11H,12H2,1-4H3,(H,21,25)(H,23,24). The molecule has 0 heterocycles. The Morgan fingerprint density at radius 1 is 1.00 bits per heavy atom. The van der Waals surface area contributed by atoms with E-state index in [-0.39, 0.29) is 12.5 Å². The number of amides is 2. The number of nitrogens with one attached hydrogen (secondary N) is 2. The van der Waals surface area contributed by atoms with Crippen LogP contribution in [0.1, 0.15) is 21.5 Å². The van der Waals surface area contributed by atoms with Crippen LogP contribution in [0.3, 0.4) is 0 Å². The Balaban J connectivity index is 1.96. The lowest BCUT2D eigenvalue weighted by atomic mass is 10.1. The molecule has 0 radical (unpaired) electrons. The first-order valence-corrected chi connectivity index (χ1v) is 8.46. The van der Waals surface area contributed by atoms with Crippen LogP contribution in [0.5, 0.6) is 17.2 Å². The third-order valence-corrected chi connectivity index (χ3v) is 3.93. The second-order valence-electron chi connectivity index (χ2n) is 5.74. The second kappa shape index (κ2) is 9.96. The maximum atomic E-state index is 12.1. The molecule has 2 amide bonds. The van der Waals surface area contributed by atoms with Crippen molar-refractivity contribution in [2.45, 2.75) is 6.92 Å². The summed E-state index contributed by atoms with van der Waals surface area (Å²) in [7, 11) is 4.55. The Kier molecular flexibility index (Phi) is 7.38. The van der Waals surface area contributed by atoms with E-state index >= 15 is 0 Å². The number of rotatable bonds is 8. The zero-order valence-electron chi connectivity index (χ0n) is 16.2. The number of carbonyl (C=O) groups is 2. The molecule has 0 atom stereocenters. The highest BCUT2D eigenvalue weighted by Crippen LogP contribution is 2.33. The molecule has 0 bridgehead atoms. The fourth-order valence-electron chi connectivity index (χ4n) is 2.45. The number of hydrogen-bond acceptors (Lipinski definition) is 6. The number of ether oxygens (including phenoxy) is 3. The van der Waals surface area contributed by atoms with E-state index < -0.39 is 5.91 Å². The van der Waals surface area contributed by atoms with E-state index in [0.29, 0.717) is 28.4 Å². The van der Waals surface area contributed by atoms with Crippen LogP contribution >= 0.6 is 0 Å². The first kappa shape index (κ1) is 20.8. The molecule has 2 aromatic carbocycles. The van der Waals surface area contributed by atoms with E-state index in [4.69, 9.17) is 14.2 Å². The maximum absolute atomic E-state index is 12.1. The van der Waals surface area contributed by atoms with Crippen LogP contribution in [0.2, 0.25) is 0 Å². The first-order valence-electron chi connectivity index (χ1n) is 8.46. The molecule has 8 nitrogen and oxygen atoms in total. The summed E-state index contributed by atoms with van der Waals surface area (Å²) in [5.74, 6) is 0.737. The summed E-state index contributed by atoms with van der Waals surface area (Å²) < 4.78 is 15.7. The average Bonchev–Trinajstić information content (AvgIpc) is 2.71. The Hall–Kier alpha value is -3.55. The molecule has 0 fully saturated rings. The smallest absolute Gasteiger partial charge is 0.259 e. The highest BCUT2D eigenvalue weighted by atomic mass is 16.5. The van der Waals surface area contributed by atoms with Gasteiger partial charge in [-0.2, -0.15) is 5.10 Å². The van der Waals surface area contributed by atoms with Gasteiger partial charge in [-0.05, 0) is 24.6 Å². The maximum Gasteiger partial charge on any atom is 0.259 e. The van der Waals surface area contributed by atoms with Gasteiger partial charge in [0.2, 0.25) is 0 Å². The van der Waals surface area contributed by atoms with Crippen molar-refractivity contribution in [1.29, 1.82) is 0 Å². The number of methoxy groups -OCH3 is 3. The first-order chi connectivity index (χ1) is 13.5. The predicted octanol–water partition coefficient (Wildman–Crippen LogP) is 1.90. The highest BCUT2D eigenvalue weighted by molar-refractivity contribution is 5.97. The van der Waals surface area contributed by atoms with Crippen molar-refractivity contribution in [3.63, 3.8) is 0 Å². The highest BCUT2D eigenvalue weighted by Gasteiger charge is 2.11. The molecule has 2 aromatic rings. The van der Waals surface area contributed by atoms with Gasteiger partial charge in [0, 0.05) is 17.2 Å². The number of carbonyl (C=O) groups excluding carboxylic acids is 2. The van der Waals surface area contributed by atoms with E-state index in [1.807, 2.05) is 19.1 Å². The van der Waals surface area contributed by atoms with Gasteiger partial charge in [-0.1, -0.05) is 18.2 Å². The zero-order chi connectivity index (χ0) is 20.5. The molecule has 8 heteroatoms. The predicted molar refractivity (Wildman–Crippen MR) is 105 cm³/mol. The van der Waals surface area contributed by atoms with Crippen LogP contribution in [-0.2, 0) is 4.79 Å². The van der Waals surface area contributed by atoms with Crippen molar-refractivity contribution in [3.8, 4) is 17.2 Å². The number of hydrazone groups is 1. The summed E-state index contributed by atoms with van der Waals surface area (Å²) in [5, 5.41) is 6.46. The number of benzene rings is 2. The van der Waals surface area contributed by atoms with Gasteiger partial charge in [0.25, 0.3) is 11.8 Å². The molecular formula is C20H23N3O5. The van der Waals surface area contributed by atoms with Crippen molar-refractivity contribution in [2.75, 3.05) is 27.9 Å². The number of aryl methyl sites for hydroxylation is 1. The SMILES string of the molecule is COc1cc(OC)c(OC)cc1C=NNC(=O)CNC(=O)c1ccccc1C. The molecule has 0 aliphatic rings. The van der Waals surface area contributed by atoms with Gasteiger partial charge < -0.3 is 19.5 Å². The van der Waals surface area contributed by atoms with E-state index in [2.05, 4.69) is 15.8 Å². The van der Waals surface area contributed by atoms with Crippen molar-refractivity contribution >= 4 is 18.0 Å². The topological polar surface area (TPSA) is 98.2 Å². The van der Waals surface area contributed by atoms with Gasteiger partial charge in [-0.15, -0.1) is 0 Å². The minimum absolute atomic E-state index is 0.201. The molecular weight excluding hydrogens is 362 g/mol. The van der Waals surface area contributed by atoms with Crippen LogP contribution in [-0.4, -0.2) is 45.9 Å². The van der Waals surface area contributed by atoms with E-state index in [9.17, 15) is 9.59 Å². The van der Waals surface area contributed by atoms with Crippen molar-refractivity contribution in [3.05, 3.63) is 53.1 Å². The quantitative estimate of drug-likeness (QED) is 0.534. The van der Waals surface area contributed by atoms with E-state index in [0.717, 1.165) is 5.56 Å². The normalized spacial score (nSPS) is 10.4. The number of hydrogen-bond donors (Lipinski definition) is 2. The molecule has 0 spiro atoms. The fourth-order valence-corrected chi connectivity index (χ4v) is 2.45. The van der Waals surface area contributed by atoms with Crippen LogP contribution in [0.4, 0.5) is 0 Å². The van der Waals surface area contributed by atoms with Gasteiger partial charge in [0.15, 0.2) is 11.5 Å². The average molecular weight is 385 g/mol. The van der Waals surface area contributed by atoms with E-state index in [1.54, 1.807) is 24.3 Å². The van der Waals surface area contributed by atoms with Gasteiger partial charge in [-0.3, -0.25) is 9.59 Å². The van der Waals surface area contributed by atoms with Gasteiger partial charge >= 0.3 is 0 Å². The lowest BCUT2D eigenvalue weighted by molar-refractivity contribution is -0.120. The Bertz CT molecular complexity index is 880. The molecule has 2 rings (SSSR count). The van der Waals surface area contributed by atoms with Crippen molar-refractivity contribution in [2.24, 2.45) is 5.10 Å². The summed E-state index contributed by atoms with van der Waals surface area (Å²) in [6, 6.07) is 10.5. The third-order valence-electron chi connectivity index (χ3n) is 3.93. The van der Waals surface area contributed by atoms with Gasteiger partial charge in [0.05, 0.1) is 34.1 Å². The Labute approximate surface area is 163 Å². The monoisotopic (exact) mass is 385 g/mol. The van der Waals surface area contributed by atoms with Gasteiger partial charge in [0.1, 0.15) is 5.75 Å². The molecule has 148 valence electrons. The van der Waals surface area contributed by atoms with Crippen LogP contribution in [0.25, 0.3) is 0 Å². The molecule has 2 N–H and O–H groups in total. The van der Waals surface area contributed by atoms with Crippen molar-refractivity contribution in [1.82, 2.24) is 10.7 Å². The van der Waals surface area contributed by atoms with Crippen molar-refractivity contribution < 1.29 is 23.8 Å². The summed E-state index contributed by atoms with van der Waals surface area (Å²) in [6.45, 7) is 1.63. The lowest BCUT2D eigenvalue weighted by Gasteiger charge is -2.11. The molecule has 0 aliphatic carbocycles. The van der Waals surface area contributed by atoms with Crippen LogP contribution < -0.4 is 25.0 Å². The summed E-state index contributed by atoms with van der Waals surface area (Å²) in [4.78, 5) is 24.0. The Morgan fingerprint density at radius 2 is 1.64 bits per heavy atom. The van der Waals surface area contributed by atoms with E-state index in [1.165, 1.54) is 27.5 Å². The third kappa shape index (κ3) is 5.23. The molecule has 0 aliphatic heterocycles. The number of nitrogens with zero attached hydrogens (tertiary/aromatic N) is 1.